The zero-order valence-electron chi connectivity index (χ0n) is 22.2. The zero-order valence-corrected chi connectivity index (χ0v) is 23.8. The lowest BCUT2D eigenvalue weighted by Crippen LogP contribution is -2.55. The molecule has 16 heteroatoms. The minimum Gasteiger partial charge on any atom is -0.476 e. The number of rotatable bonds is 7. The van der Waals surface area contributed by atoms with Crippen LogP contribution in [-0.2, 0) is 19.1 Å². The van der Waals surface area contributed by atoms with Crippen LogP contribution in [0.25, 0.3) is 0 Å². The normalized spacial score (nSPS) is 26.6. The highest BCUT2D eigenvalue weighted by Gasteiger charge is 2.46. The summed E-state index contributed by atoms with van der Waals surface area (Å²) in [6.45, 7) is 2.32. The smallest absolute Gasteiger partial charge is 0.355 e. The molecule has 0 bridgehead atoms. The van der Waals surface area contributed by atoms with Gasteiger partial charge in [0.25, 0.3) is 0 Å². The van der Waals surface area contributed by atoms with Crippen molar-refractivity contribution < 1.29 is 33.7 Å². The molecule has 0 saturated carbocycles. The van der Waals surface area contributed by atoms with Crippen LogP contribution in [0.15, 0.2) is 58.0 Å². The molecule has 2 aromatic rings. The van der Waals surface area contributed by atoms with Crippen molar-refractivity contribution in [3.05, 3.63) is 74.4 Å². The Morgan fingerprint density at radius 2 is 2.12 bits per heavy atom. The number of hydrogen-bond donors (Lipinski definition) is 4. The number of aliphatic carboxylic acids is 1. The third-order valence-electron chi connectivity index (χ3n) is 7.56. The van der Waals surface area contributed by atoms with E-state index in [1.165, 1.54) is 36.6 Å². The zero-order chi connectivity index (χ0) is 29.5. The van der Waals surface area contributed by atoms with Crippen molar-refractivity contribution in [2.45, 2.75) is 24.8 Å². The quantitative estimate of drug-likeness (QED) is 0.325. The van der Waals surface area contributed by atoms with Gasteiger partial charge in [-0.05, 0) is 12.1 Å². The number of aliphatic hydroxyl groups is 1. The van der Waals surface area contributed by atoms with Gasteiger partial charge in [0, 0.05) is 66.6 Å². The van der Waals surface area contributed by atoms with Crippen LogP contribution in [0.3, 0.4) is 0 Å². The molecule has 4 N–H and O–H groups in total. The van der Waals surface area contributed by atoms with E-state index < -0.39 is 36.5 Å². The maximum Gasteiger partial charge on any atom is 0.355 e. The molecule has 42 heavy (non-hydrogen) atoms. The summed E-state index contributed by atoms with van der Waals surface area (Å²) < 4.78 is 24.5. The van der Waals surface area contributed by atoms with Crippen LogP contribution in [0.1, 0.15) is 16.6 Å². The summed E-state index contributed by atoms with van der Waals surface area (Å²) in [7, 11) is 1.29. The number of nitrogens with one attached hydrogen (secondary N) is 2. The number of methoxy groups -OCH3 is 1. The molecule has 6 rings (SSSR count). The molecule has 222 valence electrons. The van der Waals surface area contributed by atoms with E-state index in [1.807, 2.05) is 10.3 Å². The minimum atomic E-state index is -1.15. The lowest BCUT2D eigenvalue weighted by molar-refractivity contribution is -0.139. The fourth-order valence-electron chi connectivity index (χ4n) is 5.59. The number of ether oxygens (including phenoxy) is 2. The number of carbonyl (C=O) groups excluding carboxylic acids is 1. The van der Waals surface area contributed by atoms with Crippen molar-refractivity contribution in [1.29, 1.82) is 0 Å². The Morgan fingerprint density at radius 3 is 2.81 bits per heavy atom. The number of esters is 1. The number of hydrogen-bond acceptors (Lipinski definition) is 13. The van der Waals surface area contributed by atoms with Crippen LogP contribution in [-0.4, -0.2) is 106 Å². The van der Waals surface area contributed by atoms with Crippen molar-refractivity contribution in [3.8, 4) is 0 Å². The van der Waals surface area contributed by atoms with Gasteiger partial charge in [0.2, 0.25) is 6.35 Å². The molecule has 0 radical (unpaired) electrons. The second-order valence-corrected chi connectivity index (χ2v) is 11.3. The minimum absolute atomic E-state index is 0.0853. The van der Waals surface area contributed by atoms with Gasteiger partial charge in [-0.3, -0.25) is 14.8 Å². The monoisotopic (exact) mass is 619 g/mol. The molecule has 0 spiro atoms. The molecule has 5 heterocycles. The van der Waals surface area contributed by atoms with Crippen LogP contribution in [0.4, 0.5) is 4.39 Å². The summed E-state index contributed by atoms with van der Waals surface area (Å²) in [5.74, 6) is -1.81. The molecule has 13 nitrogen and oxygen atoms in total. The molecule has 0 amide bonds. The Morgan fingerprint density at radius 1 is 1.29 bits per heavy atom. The molecular weight excluding hydrogens is 593 g/mol. The summed E-state index contributed by atoms with van der Waals surface area (Å²) in [4.78, 5) is 39.3. The predicted octanol–water partition coefficient (Wildman–Crippen LogP) is 0.861. The number of aliphatic hydroxyl groups excluding tert-OH is 1. The van der Waals surface area contributed by atoms with E-state index in [0.717, 1.165) is 6.26 Å². The number of nitrogens with zero attached hydrogens (tertiary/aromatic N) is 5. The molecule has 1 aromatic carbocycles. The number of halogens is 2. The number of carboxylic acid groups (broad SMARTS) is 1. The molecule has 2 fully saturated rings. The lowest BCUT2D eigenvalue weighted by Gasteiger charge is -2.39. The largest absolute Gasteiger partial charge is 0.476 e. The van der Waals surface area contributed by atoms with Crippen LogP contribution in [0.5, 0.6) is 0 Å². The molecular formula is C26H27ClFN7O6S. The van der Waals surface area contributed by atoms with Gasteiger partial charge in [-0.15, -0.1) is 11.3 Å². The van der Waals surface area contributed by atoms with Crippen molar-refractivity contribution in [1.82, 2.24) is 30.3 Å². The molecule has 4 aliphatic rings. The van der Waals surface area contributed by atoms with Crippen molar-refractivity contribution in [2.24, 2.45) is 4.99 Å². The lowest BCUT2D eigenvalue weighted by atomic mass is 9.95. The van der Waals surface area contributed by atoms with E-state index in [0.29, 0.717) is 54.8 Å². The molecule has 0 aliphatic carbocycles. The number of aliphatic imine (C=N–C) groups is 1. The van der Waals surface area contributed by atoms with Crippen LogP contribution < -0.4 is 10.6 Å². The highest BCUT2D eigenvalue weighted by molar-refractivity contribution is 7.11. The SMILES string of the molecule is COC(=O)C1=C(CN2CCN3C(O)N(C4NC(C(=O)O)=CO4)C[C@@H]3C2)NC(c2nccs2)=N[C@H]1c1ccc(F)cc1Cl. The Balaban J connectivity index is 1.26. The first kappa shape index (κ1) is 28.5. The molecule has 2 unspecified atom stereocenters. The third-order valence-corrected chi connectivity index (χ3v) is 8.66. The average Bonchev–Trinajstić information content (AvgIpc) is 3.73. The number of aromatic nitrogens is 1. The van der Waals surface area contributed by atoms with E-state index in [1.54, 1.807) is 11.1 Å². The molecule has 4 aliphatic heterocycles. The second-order valence-electron chi connectivity index (χ2n) is 10.0. The second kappa shape index (κ2) is 11.6. The summed E-state index contributed by atoms with van der Waals surface area (Å²) >= 11 is 7.82. The molecule has 2 saturated heterocycles. The predicted molar refractivity (Wildman–Crippen MR) is 148 cm³/mol. The highest BCUT2D eigenvalue weighted by atomic mass is 35.5. The first-order valence-corrected chi connectivity index (χ1v) is 14.3. The Hall–Kier alpha value is -3.60. The molecule has 4 atom stereocenters. The number of piperazine rings is 1. The summed E-state index contributed by atoms with van der Waals surface area (Å²) in [5, 5.41) is 28.8. The molecule has 1 aromatic heterocycles. The van der Waals surface area contributed by atoms with Gasteiger partial charge in [-0.1, -0.05) is 17.7 Å². The van der Waals surface area contributed by atoms with Gasteiger partial charge < -0.3 is 30.3 Å². The number of carbonyl (C=O) groups is 2. The van der Waals surface area contributed by atoms with Gasteiger partial charge in [0.1, 0.15) is 18.1 Å². The van der Waals surface area contributed by atoms with E-state index in [-0.39, 0.29) is 22.3 Å². The topological polar surface area (TPSA) is 152 Å². The average molecular weight is 620 g/mol. The summed E-state index contributed by atoms with van der Waals surface area (Å²) in [5.41, 5.74) is 1.16. The highest BCUT2D eigenvalue weighted by Crippen LogP contribution is 2.37. The number of thiazole rings is 1. The van der Waals surface area contributed by atoms with Crippen LogP contribution in [0, 0.1) is 5.82 Å². The maximum atomic E-state index is 13.9. The van der Waals surface area contributed by atoms with Gasteiger partial charge in [0.15, 0.2) is 22.9 Å². The van der Waals surface area contributed by atoms with Crippen molar-refractivity contribution >= 4 is 40.7 Å². The Kier molecular flexibility index (Phi) is 7.87. The van der Waals surface area contributed by atoms with Crippen molar-refractivity contribution in [2.75, 3.05) is 39.8 Å². The number of fused-ring (bicyclic) bond motifs is 1. The fourth-order valence-corrected chi connectivity index (χ4v) is 6.45. The number of benzene rings is 1. The third kappa shape index (κ3) is 5.34. The van der Waals surface area contributed by atoms with Gasteiger partial charge in [-0.2, -0.15) is 0 Å². The summed E-state index contributed by atoms with van der Waals surface area (Å²) in [6.07, 6.45) is 1.00. The van der Waals surface area contributed by atoms with Crippen LogP contribution >= 0.6 is 22.9 Å². The van der Waals surface area contributed by atoms with E-state index in [9.17, 15) is 24.2 Å². The standard InChI is InChI=1S/C26H27ClFN7O6S/c1-40-24(38)19-17(30-21(22-29-4-7-42-22)32-20(19)15-3-2-13(28)8-16(15)27)11-33-5-6-34-14(9-33)10-35(26(34)39)25-31-18(12-41-25)23(36)37/h2-4,7-8,12,14,20,25-26,31,39H,5-6,9-11H2,1H3,(H,30,32)(H,36,37)/t14-,20-,25?,26?/m0/s1. The van der Waals surface area contributed by atoms with E-state index in [2.05, 4.69) is 20.5 Å². The van der Waals surface area contributed by atoms with Crippen LogP contribution in [0.2, 0.25) is 5.02 Å². The Labute approximate surface area is 248 Å². The fraction of sp³-hybridized carbons (Fsp3) is 0.385. The first-order valence-electron chi connectivity index (χ1n) is 13.0. The van der Waals surface area contributed by atoms with E-state index in [4.69, 9.17) is 26.1 Å². The summed E-state index contributed by atoms with van der Waals surface area (Å²) in [6, 6.07) is 2.99. The van der Waals surface area contributed by atoms with Gasteiger partial charge in [0.05, 0.1) is 12.7 Å². The number of carboxylic acids is 1. The maximum absolute atomic E-state index is 13.9. The Bertz CT molecular complexity index is 1490. The van der Waals surface area contributed by atoms with Gasteiger partial charge >= 0.3 is 11.9 Å². The van der Waals surface area contributed by atoms with Crippen molar-refractivity contribution in [3.63, 3.8) is 0 Å². The number of amidine groups is 1. The first-order chi connectivity index (χ1) is 20.2. The van der Waals surface area contributed by atoms with Gasteiger partial charge in [-0.25, -0.2) is 23.9 Å². The van der Waals surface area contributed by atoms with E-state index >= 15 is 0 Å².